The van der Waals surface area contributed by atoms with Gasteiger partial charge in [0, 0.05) is 0 Å². The number of nitrogens with zero attached hydrogens (tertiary/aromatic N) is 5. The number of H-pyrrole nitrogens is 1. The molecule has 21 heteroatoms. The number of aliphatic hydroxyl groups excluding tert-OH is 2. The van der Waals surface area contributed by atoms with E-state index in [-0.39, 0.29) is 11.2 Å². The maximum absolute atomic E-state index is 13.5. The van der Waals surface area contributed by atoms with Crippen molar-refractivity contribution in [2.45, 2.75) is 49.1 Å². The summed E-state index contributed by atoms with van der Waals surface area (Å²) < 4.78 is 64.2. The van der Waals surface area contributed by atoms with Gasteiger partial charge in [-0.15, -0.1) is 0 Å². The number of imidazole rings is 2. The van der Waals surface area contributed by atoms with E-state index in [2.05, 4.69) is 44.4 Å². The van der Waals surface area contributed by atoms with Crippen molar-refractivity contribution in [3.8, 4) is 0 Å². The first-order chi connectivity index (χ1) is 20.5. The van der Waals surface area contributed by atoms with E-state index in [1.54, 1.807) is 28.8 Å². The number of thiol groups is 2. The van der Waals surface area contributed by atoms with Crippen molar-refractivity contribution >= 4 is 60.3 Å². The number of para-hydroxylation sites is 2. The highest BCUT2D eigenvalue weighted by Crippen LogP contribution is 2.60. The largest absolute Gasteiger partial charge is 0.387 e. The zero-order chi connectivity index (χ0) is 30.1. The van der Waals surface area contributed by atoms with E-state index in [4.69, 9.17) is 27.6 Å². The van der Waals surface area contributed by atoms with Crippen LogP contribution in [0.5, 0.6) is 0 Å². The second-order valence-corrected chi connectivity index (χ2v) is 15.7. The van der Waals surface area contributed by atoms with Crippen LogP contribution in [0.4, 0.5) is 0 Å². The Morgan fingerprint density at radius 3 is 2.09 bits per heavy atom. The number of hydrogen-bond donors (Lipinski definition) is 5. The molecule has 0 saturated carbocycles. The first-order valence-electron chi connectivity index (χ1n) is 12.8. The Balaban J connectivity index is 1.22. The molecule has 3 aliphatic heterocycles. The lowest BCUT2D eigenvalue weighted by Gasteiger charge is -2.26. The quantitative estimate of drug-likeness (QED) is 0.151. The van der Waals surface area contributed by atoms with Crippen molar-refractivity contribution in [1.29, 1.82) is 0 Å². The van der Waals surface area contributed by atoms with Gasteiger partial charge in [0.2, 0.25) is 0 Å². The number of aliphatic hydroxyl groups is 2. The number of nitrogens with one attached hydrogen (secondary N) is 1. The van der Waals surface area contributed by atoms with Gasteiger partial charge in [0.15, 0.2) is 23.6 Å². The van der Waals surface area contributed by atoms with Crippen molar-refractivity contribution < 1.29 is 46.9 Å². The maximum Gasteiger partial charge on any atom is 0.386 e. The number of rotatable bonds is 2. The maximum atomic E-state index is 13.5. The summed E-state index contributed by atoms with van der Waals surface area (Å²) in [7, 11) is 0. The van der Waals surface area contributed by atoms with Crippen LogP contribution in [0.1, 0.15) is 12.5 Å². The Hall–Kier alpha value is -2.12. The zero-order valence-corrected chi connectivity index (χ0v) is 25.2. The Labute approximate surface area is 251 Å². The van der Waals surface area contributed by atoms with Crippen molar-refractivity contribution in [3.05, 3.63) is 53.6 Å². The predicted octanol–water partition coefficient (Wildman–Crippen LogP) is 1.58. The van der Waals surface area contributed by atoms with Gasteiger partial charge in [0.25, 0.3) is 5.56 Å². The highest BCUT2D eigenvalue weighted by Gasteiger charge is 2.53. The van der Waals surface area contributed by atoms with E-state index in [1.165, 1.54) is 17.2 Å². The lowest BCUT2D eigenvalue weighted by Crippen LogP contribution is -2.37. The molecule has 17 nitrogen and oxygen atoms in total. The van der Waals surface area contributed by atoms with E-state index in [9.17, 15) is 24.1 Å². The summed E-state index contributed by atoms with van der Waals surface area (Å²) in [6, 6.07) is 7.14. The van der Waals surface area contributed by atoms with Gasteiger partial charge in [-0.2, -0.15) is 0 Å². The van der Waals surface area contributed by atoms with Gasteiger partial charge in [-0.25, -0.2) is 24.1 Å². The fourth-order valence-electron chi connectivity index (χ4n) is 5.32. The highest BCUT2D eigenvalue weighted by atomic mass is 32.7. The molecule has 230 valence electrons. The van der Waals surface area contributed by atoms with Crippen molar-refractivity contribution in [2.24, 2.45) is 0 Å². The summed E-state index contributed by atoms with van der Waals surface area (Å²) in [4.78, 5) is 27.1. The summed E-state index contributed by atoms with van der Waals surface area (Å²) in [5, 5.41) is 22.3. The Morgan fingerprint density at radius 2 is 1.44 bits per heavy atom. The van der Waals surface area contributed by atoms with Crippen LogP contribution in [0, 0.1) is 0 Å². The van der Waals surface area contributed by atoms with Crippen LogP contribution in [0.25, 0.3) is 22.2 Å². The second-order valence-electron chi connectivity index (χ2n) is 9.98. The third-order valence-electron chi connectivity index (χ3n) is 7.33. The smallest absolute Gasteiger partial charge is 0.386 e. The molecule has 43 heavy (non-hydrogen) atoms. The third-order valence-corrected chi connectivity index (χ3v) is 10.6. The van der Waals surface area contributed by atoms with Gasteiger partial charge in [0.1, 0.15) is 36.6 Å². The van der Waals surface area contributed by atoms with Gasteiger partial charge in [0.05, 0.1) is 43.2 Å². The Kier molecular flexibility index (Phi) is 7.60. The molecule has 4 aromatic rings. The normalized spacial score (nSPS) is 38.9. The number of benzene rings is 1. The number of ether oxygens (including phenoxy) is 2. The molecule has 10 unspecified atom stereocenters. The molecule has 1 aromatic carbocycles. The van der Waals surface area contributed by atoms with Gasteiger partial charge in [-0.3, -0.25) is 27.5 Å². The van der Waals surface area contributed by atoms with Crippen molar-refractivity contribution in [1.82, 2.24) is 29.1 Å². The Morgan fingerprint density at radius 1 is 0.860 bits per heavy atom. The standard InChI is InChI=1S/C22H24N6O11P2S2/c29-15-12-5-34-41(33,43)39-18-16(30)13(37-22(18)28-9-26-14-19(28)23-7-24-20(14)31)6-35-40(32,42)38-17(15)21(36-12)27-8-25-10-3-1-2-4-11(10)27/h1-4,7-9,12-13,15-18,21-22,29-30H,5-6H2,(H,32,42)(H,33,43)(H,23,24,31). The average Bonchev–Trinajstić information content (AvgIpc) is 3.72. The van der Waals surface area contributed by atoms with Crippen LogP contribution < -0.4 is 5.56 Å². The summed E-state index contributed by atoms with van der Waals surface area (Å²) in [5.74, 6) is 0. The number of aromatic nitrogens is 6. The monoisotopic (exact) mass is 674 g/mol. The molecule has 3 aromatic heterocycles. The lowest BCUT2D eigenvalue weighted by atomic mass is 10.1. The number of fused-ring (bicyclic) bond motifs is 6. The first-order valence-corrected chi connectivity index (χ1v) is 18.2. The summed E-state index contributed by atoms with van der Waals surface area (Å²) >= 11 is 8.19. The molecular weight excluding hydrogens is 650 g/mol. The molecule has 7 rings (SSSR count). The van der Waals surface area contributed by atoms with Crippen molar-refractivity contribution in [3.63, 3.8) is 0 Å². The lowest BCUT2D eigenvalue weighted by molar-refractivity contribution is -0.0583. The minimum atomic E-state index is -4.29. The van der Waals surface area contributed by atoms with E-state index in [0.29, 0.717) is 11.0 Å². The second kappa shape index (κ2) is 11.0. The predicted molar refractivity (Wildman–Crippen MR) is 153 cm³/mol. The molecule has 3 aliphatic rings. The number of hydrogen-bond acceptors (Lipinski definition) is 14. The molecule has 4 bridgehead atoms. The third kappa shape index (κ3) is 5.41. The zero-order valence-electron chi connectivity index (χ0n) is 21.7. The molecule has 3 N–H and O–H groups in total. The van der Waals surface area contributed by atoms with Gasteiger partial charge < -0.3 is 29.2 Å². The molecule has 3 saturated heterocycles. The fraction of sp³-hybridized carbons (Fsp3) is 0.455. The topological polar surface area (TPSA) is 211 Å². The number of aromatic amines is 1. The molecule has 0 spiro atoms. The molecular formula is C22H24N6O11P2S2. The molecule has 0 amide bonds. The van der Waals surface area contributed by atoms with Crippen LogP contribution in [0.2, 0.25) is 0 Å². The van der Waals surface area contributed by atoms with E-state index in [1.807, 2.05) is 0 Å². The molecule has 6 heterocycles. The van der Waals surface area contributed by atoms with Gasteiger partial charge in [-0.05, 0) is 12.1 Å². The van der Waals surface area contributed by atoms with E-state index >= 15 is 0 Å². The van der Waals surface area contributed by atoms with Crippen LogP contribution in [0.3, 0.4) is 0 Å². The first kappa shape index (κ1) is 29.6. The summed E-state index contributed by atoms with van der Waals surface area (Å²) in [6.07, 6.45) is -6.60. The average molecular weight is 675 g/mol. The molecule has 0 radical (unpaired) electrons. The summed E-state index contributed by atoms with van der Waals surface area (Å²) in [6.45, 7) is -9.59. The highest BCUT2D eigenvalue weighted by molar-refractivity contribution is 8.44. The Bertz CT molecular complexity index is 1840. The van der Waals surface area contributed by atoms with Gasteiger partial charge in [-0.1, -0.05) is 36.6 Å². The van der Waals surface area contributed by atoms with Crippen LogP contribution in [0.15, 0.2) is 48.0 Å². The minimum absolute atomic E-state index is 0.0223. The minimum Gasteiger partial charge on any atom is -0.387 e. The van der Waals surface area contributed by atoms with E-state index < -0.39 is 81.4 Å². The van der Waals surface area contributed by atoms with Crippen LogP contribution in [-0.4, -0.2) is 89.1 Å². The van der Waals surface area contributed by atoms with Crippen LogP contribution >= 0.6 is 38.1 Å². The molecule has 3 fully saturated rings. The van der Waals surface area contributed by atoms with E-state index in [0.717, 1.165) is 6.33 Å². The fourth-order valence-corrected chi connectivity index (χ4v) is 8.24. The SMILES string of the molecule is O=c1[nH]cnc2c1ncn2C1OC2COP(=O)(S)OC3C(O)C(COP(=O)(S)OC1C2O)OC3n1cnc2ccccc21. The van der Waals surface area contributed by atoms with Gasteiger partial charge >= 0.3 is 13.6 Å². The van der Waals surface area contributed by atoms with Crippen molar-refractivity contribution in [2.75, 3.05) is 13.2 Å². The van der Waals surface area contributed by atoms with Crippen LogP contribution in [-0.2, 0) is 36.7 Å². The molecule has 10 atom stereocenters. The molecule has 0 aliphatic carbocycles. The summed E-state index contributed by atoms with van der Waals surface area (Å²) in [5.41, 5.74) is 0.801.